The van der Waals surface area contributed by atoms with Gasteiger partial charge in [-0.05, 0) is 50.4 Å². The van der Waals surface area contributed by atoms with Crippen LogP contribution in [0.15, 0.2) is 22.7 Å². The second-order valence-corrected chi connectivity index (χ2v) is 6.33. The Hall–Kier alpha value is -0.420. The highest BCUT2D eigenvalue weighted by Crippen LogP contribution is 2.27. The third-order valence-corrected chi connectivity index (χ3v) is 4.93. The Bertz CT molecular complexity index is 436. The van der Waals surface area contributed by atoms with Crippen LogP contribution in [0.25, 0.3) is 0 Å². The van der Waals surface area contributed by atoms with Gasteiger partial charge in [-0.3, -0.25) is 4.90 Å². The SMILES string of the molecule is CCOC1CCCN(C(CN)c2ccc(Br)c(C)c2)C1. The molecule has 1 aliphatic heterocycles. The van der Waals surface area contributed by atoms with E-state index in [9.17, 15) is 0 Å². The number of aryl methyl sites for hydroxylation is 1. The van der Waals surface area contributed by atoms with E-state index in [1.807, 2.05) is 0 Å². The van der Waals surface area contributed by atoms with Gasteiger partial charge in [-0.1, -0.05) is 28.1 Å². The fourth-order valence-electron chi connectivity index (χ4n) is 2.99. The first-order chi connectivity index (χ1) is 9.65. The Morgan fingerprint density at radius 3 is 2.95 bits per heavy atom. The first-order valence-electron chi connectivity index (χ1n) is 7.47. The molecule has 1 aromatic rings. The standard InChI is InChI=1S/C16H25BrN2O/c1-3-20-14-5-4-8-19(11-14)16(10-18)13-6-7-15(17)12(2)9-13/h6-7,9,14,16H,3-5,8,10-11,18H2,1-2H3. The molecule has 0 saturated carbocycles. The number of hydrogen-bond acceptors (Lipinski definition) is 3. The van der Waals surface area contributed by atoms with Gasteiger partial charge in [0.1, 0.15) is 0 Å². The second-order valence-electron chi connectivity index (χ2n) is 5.47. The molecule has 2 rings (SSSR count). The van der Waals surface area contributed by atoms with Crippen LogP contribution in [0, 0.1) is 6.92 Å². The van der Waals surface area contributed by atoms with Crippen LogP contribution < -0.4 is 5.73 Å². The summed E-state index contributed by atoms with van der Waals surface area (Å²) in [4.78, 5) is 2.48. The minimum atomic E-state index is 0.296. The number of piperidine rings is 1. The van der Waals surface area contributed by atoms with Gasteiger partial charge in [-0.2, -0.15) is 0 Å². The summed E-state index contributed by atoms with van der Waals surface area (Å²) in [7, 11) is 0. The molecule has 0 bridgehead atoms. The van der Waals surface area contributed by atoms with Crippen LogP contribution >= 0.6 is 15.9 Å². The highest BCUT2D eigenvalue weighted by molar-refractivity contribution is 9.10. The largest absolute Gasteiger partial charge is 0.377 e. The maximum atomic E-state index is 6.05. The lowest BCUT2D eigenvalue weighted by atomic mass is 9.99. The lowest BCUT2D eigenvalue weighted by molar-refractivity contribution is -0.00660. The van der Waals surface area contributed by atoms with E-state index in [0.717, 1.165) is 24.2 Å². The zero-order valence-corrected chi connectivity index (χ0v) is 14.0. The molecule has 1 aromatic carbocycles. The lowest BCUT2D eigenvalue weighted by Gasteiger charge is -2.38. The Morgan fingerprint density at radius 1 is 1.50 bits per heavy atom. The number of benzene rings is 1. The normalized spacial score (nSPS) is 21.9. The molecule has 2 N–H and O–H groups in total. The van der Waals surface area contributed by atoms with E-state index < -0.39 is 0 Å². The van der Waals surface area contributed by atoms with E-state index in [-0.39, 0.29) is 0 Å². The number of nitrogens with zero attached hydrogens (tertiary/aromatic N) is 1. The molecule has 112 valence electrons. The van der Waals surface area contributed by atoms with Gasteiger partial charge in [0, 0.05) is 30.2 Å². The zero-order valence-electron chi connectivity index (χ0n) is 12.4. The molecule has 0 aliphatic carbocycles. The van der Waals surface area contributed by atoms with E-state index in [1.165, 1.54) is 24.0 Å². The van der Waals surface area contributed by atoms with Crippen LogP contribution in [0.5, 0.6) is 0 Å². The van der Waals surface area contributed by atoms with Gasteiger partial charge in [-0.25, -0.2) is 0 Å². The van der Waals surface area contributed by atoms with E-state index in [2.05, 4.69) is 52.9 Å². The Balaban J connectivity index is 2.12. The van der Waals surface area contributed by atoms with Gasteiger partial charge in [0.15, 0.2) is 0 Å². The number of nitrogens with two attached hydrogens (primary N) is 1. The van der Waals surface area contributed by atoms with E-state index in [4.69, 9.17) is 10.5 Å². The summed E-state index contributed by atoms with van der Waals surface area (Å²) >= 11 is 3.56. The highest BCUT2D eigenvalue weighted by atomic mass is 79.9. The number of rotatable bonds is 5. The summed E-state index contributed by atoms with van der Waals surface area (Å²) in [5.74, 6) is 0. The van der Waals surface area contributed by atoms with Crippen molar-refractivity contribution in [3.05, 3.63) is 33.8 Å². The third-order valence-electron chi connectivity index (χ3n) is 4.04. The summed E-state index contributed by atoms with van der Waals surface area (Å²) < 4.78 is 6.95. The molecule has 1 fully saturated rings. The van der Waals surface area contributed by atoms with Crippen LogP contribution in [-0.2, 0) is 4.74 Å². The Kier molecular flexibility index (Phi) is 6.02. The summed E-state index contributed by atoms with van der Waals surface area (Å²) in [6, 6.07) is 6.84. The monoisotopic (exact) mass is 340 g/mol. The van der Waals surface area contributed by atoms with Gasteiger partial charge in [0.2, 0.25) is 0 Å². The van der Waals surface area contributed by atoms with E-state index >= 15 is 0 Å². The molecule has 0 radical (unpaired) electrons. The van der Waals surface area contributed by atoms with Crippen LogP contribution in [0.1, 0.15) is 36.9 Å². The molecule has 2 unspecified atom stereocenters. The molecular weight excluding hydrogens is 316 g/mol. The molecule has 4 heteroatoms. The van der Waals surface area contributed by atoms with Crippen LogP contribution in [0.3, 0.4) is 0 Å². The Morgan fingerprint density at radius 2 is 2.30 bits per heavy atom. The first-order valence-corrected chi connectivity index (χ1v) is 8.26. The number of hydrogen-bond donors (Lipinski definition) is 1. The van der Waals surface area contributed by atoms with Crippen molar-refractivity contribution in [2.45, 2.75) is 38.8 Å². The lowest BCUT2D eigenvalue weighted by Crippen LogP contribution is -2.44. The van der Waals surface area contributed by atoms with Crippen molar-refractivity contribution in [1.29, 1.82) is 0 Å². The summed E-state index contributed by atoms with van der Waals surface area (Å²) in [6.07, 6.45) is 2.72. The average Bonchev–Trinajstić information content (AvgIpc) is 2.44. The van der Waals surface area contributed by atoms with Gasteiger partial charge >= 0.3 is 0 Å². The van der Waals surface area contributed by atoms with Crippen LogP contribution in [0.2, 0.25) is 0 Å². The highest BCUT2D eigenvalue weighted by Gasteiger charge is 2.26. The van der Waals surface area contributed by atoms with E-state index in [1.54, 1.807) is 0 Å². The van der Waals surface area contributed by atoms with Crippen molar-refractivity contribution < 1.29 is 4.74 Å². The molecule has 20 heavy (non-hydrogen) atoms. The van der Waals surface area contributed by atoms with Crippen molar-refractivity contribution in [2.24, 2.45) is 5.73 Å². The maximum absolute atomic E-state index is 6.05. The number of ether oxygens (including phenoxy) is 1. The van der Waals surface area contributed by atoms with Crippen molar-refractivity contribution >= 4 is 15.9 Å². The number of halogens is 1. The van der Waals surface area contributed by atoms with Crippen LogP contribution in [-0.4, -0.2) is 37.2 Å². The summed E-state index contributed by atoms with van der Waals surface area (Å²) in [5, 5.41) is 0. The minimum absolute atomic E-state index is 0.296. The molecule has 0 amide bonds. The van der Waals surface area contributed by atoms with Crippen molar-refractivity contribution in [1.82, 2.24) is 4.90 Å². The third kappa shape index (κ3) is 3.82. The van der Waals surface area contributed by atoms with E-state index in [0.29, 0.717) is 18.7 Å². The predicted molar refractivity (Wildman–Crippen MR) is 86.9 cm³/mol. The smallest absolute Gasteiger partial charge is 0.0702 e. The molecule has 1 aliphatic rings. The quantitative estimate of drug-likeness (QED) is 0.893. The first kappa shape index (κ1) is 16.0. The van der Waals surface area contributed by atoms with Crippen molar-refractivity contribution in [2.75, 3.05) is 26.2 Å². The minimum Gasteiger partial charge on any atom is -0.377 e. The van der Waals surface area contributed by atoms with Gasteiger partial charge in [0.05, 0.1) is 6.10 Å². The molecule has 0 aromatic heterocycles. The molecule has 2 atom stereocenters. The molecule has 1 heterocycles. The molecular formula is C16H25BrN2O. The van der Waals surface area contributed by atoms with Gasteiger partial charge in [-0.15, -0.1) is 0 Å². The van der Waals surface area contributed by atoms with Crippen molar-refractivity contribution in [3.8, 4) is 0 Å². The topological polar surface area (TPSA) is 38.5 Å². The average molecular weight is 341 g/mol. The maximum Gasteiger partial charge on any atom is 0.0702 e. The van der Waals surface area contributed by atoms with Crippen molar-refractivity contribution in [3.63, 3.8) is 0 Å². The fraction of sp³-hybridized carbons (Fsp3) is 0.625. The molecule has 1 saturated heterocycles. The van der Waals surface area contributed by atoms with Crippen LogP contribution in [0.4, 0.5) is 0 Å². The predicted octanol–water partition coefficient (Wildman–Crippen LogP) is 3.26. The fourth-order valence-corrected chi connectivity index (χ4v) is 3.24. The second kappa shape index (κ2) is 7.55. The summed E-state index contributed by atoms with van der Waals surface area (Å²) in [5.41, 5.74) is 8.62. The Labute approximate surface area is 130 Å². The number of likely N-dealkylation sites (tertiary alicyclic amines) is 1. The molecule has 3 nitrogen and oxygen atoms in total. The zero-order chi connectivity index (χ0) is 14.5. The van der Waals surface area contributed by atoms with Gasteiger partial charge in [0.25, 0.3) is 0 Å². The summed E-state index contributed by atoms with van der Waals surface area (Å²) in [6.45, 7) is 7.74. The van der Waals surface area contributed by atoms with Gasteiger partial charge < -0.3 is 10.5 Å². The molecule has 0 spiro atoms.